The molecule has 1 aromatic rings. The van der Waals surface area contributed by atoms with Gasteiger partial charge in [-0.1, -0.05) is 38.8 Å². The van der Waals surface area contributed by atoms with E-state index in [0.717, 1.165) is 12.8 Å². The molecule has 0 N–H and O–H groups in total. The highest BCUT2D eigenvalue weighted by atomic mass is 35.5. The second kappa shape index (κ2) is 5.00. The highest BCUT2D eigenvalue weighted by Gasteiger charge is 2.28. The third-order valence-electron chi connectivity index (χ3n) is 2.86. The zero-order chi connectivity index (χ0) is 13.2. The number of nitrogens with zero attached hydrogens (tertiary/aromatic N) is 1. The Labute approximate surface area is 105 Å². The van der Waals surface area contributed by atoms with Gasteiger partial charge in [0.05, 0.1) is 9.95 Å². The SMILES string of the molecule is CCCC(C)(C)c1ccc([N+](=O)[O-])c(F)c1Cl. The fraction of sp³-hybridized carbons (Fsp3) is 0.500. The van der Waals surface area contributed by atoms with Gasteiger partial charge in [-0.05, 0) is 23.5 Å². The van der Waals surface area contributed by atoms with E-state index in [1.54, 1.807) is 6.07 Å². The molecule has 0 atom stereocenters. The van der Waals surface area contributed by atoms with Crippen molar-refractivity contribution in [2.24, 2.45) is 0 Å². The molecule has 0 bridgehead atoms. The lowest BCUT2D eigenvalue weighted by molar-refractivity contribution is -0.387. The molecule has 3 nitrogen and oxygen atoms in total. The van der Waals surface area contributed by atoms with Crippen LogP contribution in [0.25, 0.3) is 0 Å². The van der Waals surface area contributed by atoms with Crippen LogP contribution < -0.4 is 0 Å². The van der Waals surface area contributed by atoms with Crippen LogP contribution >= 0.6 is 11.6 Å². The first-order chi connectivity index (χ1) is 7.81. The summed E-state index contributed by atoms with van der Waals surface area (Å²) in [7, 11) is 0. The molecule has 0 heterocycles. The van der Waals surface area contributed by atoms with Gasteiger partial charge in [0.15, 0.2) is 0 Å². The molecular formula is C12H15ClFNO2. The molecule has 17 heavy (non-hydrogen) atoms. The molecule has 0 unspecified atom stereocenters. The van der Waals surface area contributed by atoms with Crippen molar-refractivity contribution in [2.75, 3.05) is 0 Å². The standard InChI is InChI=1S/C12H15ClFNO2/c1-4-7-12(2,3)8-5-6-9(15(16)17)11(14)10(8)13/h5-6H,4,7H2,1-3H3. The summed E-state index contributed by atoms with van der Waals surface area (Å²) in [5, 5.41) is 10.4. The fourth-order valence-electron chi connectivity index (χ4n) is 1.96. The van der Waals surface area contributed by atoms with Gasteiger partial charge in [-0.25, -0.2) is 0 Å². The van der Waals surface area contributed by atoms with E-state index in [-0.39, 0.29) is 10.4 Å². The molecule has 0 aliphatic rings. The Balaban J connectivity index is 3.30. The van der Waals surface area contributed by atoms with E-state index in [0.29, 0.717) is 5.56 Å². The van der Waals surface area contributed by atoms with Crippen molar-refractivity contribution in [2.45, 2.75) is 39.0 Å². The molecular weight excluding hydrogens is 245 g/mol. The van der Waals surface area contributed by atoms with E-state index in [2.05, 4.69) is 0 Å². The number of hydrogen-bond donors (Lipinski definition) is 0. The Bertz CT molecular complexity index is 446. The minimum Gasteiger partial charge on any atom is -0.258 e. The number of rotatable bonds is 4. The van der Waals surface area contributed by atoms with E-state index in [1.165, 1.54) is 6.07 Å². The third-order valence-corrected chi connectivity index (χ3v) is 3.23. The van der Waals surface area contributed by atoms with Crippen LogP contribution in [0.4, 0.5) is 10.1 Å². The second-order valence-corrected chi connectivity index (χ2v) is 5.03. The Hall–Kier alpha value is -1.16. The Morgan fingerprint density at radius 1 is 1.47 bits per heavy atom. The minimum atomic E-state index is -0.946. The van der Waals surface area contributed by atoms with Crippen LogP contribution in [-0.4, -0.2) is 4.92 Å². The van der Waals surface area contributed by atoms with E-state index >= 15 is 0 Å². The van der Waals surface area contributed by atoms with Gasteiger partial charge >= 0.3 is 5.69 Å². The monoisotopic (exact) mass is 259 g/mol. The highest BCUT2D eigenvalue weighted by molar-refractivity contribution is 6.31. The van der Waals surface area contributed by atoms with Gasteiger partial charge in [-0.3, -0.25) is 10.1 Å². The molecule has 0 fully saturated rings. The summed E-state index contributed by atoms with van der Waals surface area (Å²) in [5.74, 6) is -0.946. The topological polar surface area (TPSA) is 43.1 Å². The average molecular weight is 260 g/mol. The largest absolute Gasteiger partial charge is 0.306 e. The Morgan fingerprint density at radius 3 is 2.53 bits per heavy atom. The number of hydrogen-bond acceptors (Lipinski definition) is 2. The normalized spacial score (nSPS) is 11.6. The molecule has 0 radical (unpaired) electrons. The second-order valence-electron chi connectivity index (χ2n) is 4.65. The summed E-state index contributed by atoms with van der Waals surface area (Å²) >= 11 is 5.88. The van der Waals surface area contributed by atoms with Crippen molar-refractivity contribution >= 4 is 17.3 Å². The van der Waals surface area contributed by atoms with Crippen LogP contribution in [-0.2, 0) is 5.41 Å². The lowest BCUT2D eigenvalue weighted by Gasteiger charge is -2.25. The van der Waals surface area contributed by atoms with E-state index in [9.17, 15) is 14.5 Å². The summed E-state index contributed by atoms with van der Waals surface area (Å²) in [5.41, 5.74) is -0.253. The fourth-order valence-corrected chi connectivity index (χ4v) is 2.38. The first-order valence-electron chi connectivity index (χ1n) is 5.44. The number of benzene rings is 1. The molecule has 94 valence electrons. The molecule has 0 saturated heterocycles. The predicted molar refractivity (Wildman–Crippen MR) is 66.0 cm³/mol. The lowest BCUT2D eigenvalue weighted by atomic mass is 9.80. The number of halogens is 2. The van der Waals surface area contributed by atoms with Gasteiger partial charge in [-0.2, -0.15) is 4.39 Å². The van der Waals surface area contributed by atoms with E-state index in [4.69, 9.17) is 11.6 Å². The Morgan fingerprint density at radius 2 is 2.06 bits per heavy atom. The van der Waals surface area contributed by atoms with Crippen molar-refractivity contribution in [3.05, 3.63) is 38.7 Å². The summed E-state index contributed by atoms with van der Waals surface area (Å²) in [6.07, 6.45) is 1.77. The first-order valence-corrected chi connectivity index (χ1v) is 5.82. The quantitative estimate of drug-likeness (QED) is 0.592. The van der Waals surface area contributed by atoms with Crippen LogP contribution in [0.5, 0.6) is 0 Å². The number of nitro groups is 1. The maximum absolute atomic E-state index is 13.7. The van der Waals surface area contributed by atoms with Crippen LogP contribution in [0.1, 0.15) is 39.2 Å². The van der Waals surface area contributed by atoms with Crippen molar-refractivity contribution in [1.82, 2.24) is 0 Å². The van der Waals surface area contributed by atoms with Crippen molar-refractivity contribution in [3.63, 3.8) is 0 Å². The van der Waals surface area contributed by atoms with Crippen LogP contribution in [0, 0.1) is 15.9 Å². The molecule has 0 aliphatic heterocycles. The van der Waals surface area contributed by atoms with Crippen LogP contribution in [0.15, 0.2) is 12.1 Å². The molecule has 0 spiro atoms. The van der Waals surface area contributed by atoms with Gasteiger partial charge in [-0.15, -0.1) is 0 Å². The zero-order valence-electron chi connectivity index (χ0n) is 10.1. The van der Waals surface area contributed by atoms with Crippen molar-refractivity contribution in [1.29, 1.82) is 0 Å². The van der Waals surface area contributed by atoms with Gasteiger partial charge in [0.25, 0.3) is 0 Å². The van der Waals surface area contributed by atoms with Crippen LogP contribution in [0.3, 0.4) is 0 Å². The zero-order valence-corrected chi connectivity index (χ0v) is 10.8. The molecule has 0 saturated carbocycles. The van der Waals surface area contributed by atoms with E-state index < -0.39 is 16.4 Å². The molecule has 0 aliphatic carbocycles. The lowest BCUT2D eigenvalue weighted by Crippen LogP contribution is -2.18. The molecule has 1 rings (SSSR count). The van der Waals surface area contributed by atoms with Gasteiger partial charge in [0, 0.05) is 6.07 Å². The summed E-state index contributed by atoms with van der Waals surface area (Å²) in [6.45, 7) is 5.92. The van der Waals surface area contributed by atoms with Crippen LogP contribution in [0.2, 0.25) is 5.02 Å². The average Bonchev–Trinajstić information content (AvgIpc) is 2.20. The minimum absolute atomic E-state index is 0.141. The van der Waals surface area contributed by atoms with Gasteiger partial charge in [0.2, 0.25) is 5.82 Å². The summed E-state index contributed by atoms with van der Waals surface area (Å²) < 4.78 is 13.7. The van der Waals surface area contributed by atoms with Crippen molar-refractivity contribution in [3.8, 4) is 0 Å². The Kier molecular flexibility index (Phi) is 4.09. The summed E-state index contributed by atoms with van der Waals surface area (Å²) in [4.78, 5) is 9.80. The molecule has 0 aromatic heterocycles. The molecule has 1 aromatic carbocycles. The molecule has 0 amide bonds. The summed E-state index contributed by atoms with van der Waals surface area (Å²) in [6, 6.07) is 2.72. The van der Waals surface area contributed by atoms with Gasteiger partial charge < -0.3 is 0 Å². The number of nitro benzene ring substituents is 1. The first kappa shape index (κ1) is 13.9. The molecule has 5 heteroatoms. The van der Waals surface area contributed by atoms with Crippen molar-refractivity contribution < 1.29 is 9.31 Å². The highest BCUT2D eigenvalue weighted by Crippen LogP contribution is 2.37. The maximum Gasteiger partial charge on any atom is 0.306 e. The maximum atomic E-state index is 13.7. The van der Waals surface area contributed by atoms with Gasteiger partial charge in [0.1, 0.15) is 0 Å². The predicted octanol–water partition coefficient (Wildman–Crippen LogP) is 4.47. The van der Waals surface area contributed by atoms with E-state index in [1.807, 2.05) is 20.8 Å². The third kappa shape index (κ3) is 2.75. The smallest absolute Gasteiger partial charge is 0.258 e.